The lowest BCUT2D eigenvalue weighted by atomic mass is 10.3. The van der Waals surface area contributed by atoms with E-state index in [1.807, 2.05) is 0 Å². The molecule has 1 saturated heterocycles. The zero-order valence-electron chi connectivity index (χ0n) is 7.06. The van der Waals surface area contributed by atoms with Crippen LogP contribution in [0.5, 0.6) is 0 Å². The maximum absolute atomic E-state index is 12.2. The van der Waals surface area contributed by atoms with E-state index >= 15 is 0 Å². The highest BCUT2D eigenvalue weighted by atomic mass is 19.4. The molecule has 1 aliphatic rings. The van der Waals surface area contributed by atoms with Crippen LogP contribution < -0.4 is 0 Å². The van der Waals surface area contributed by atoms with Gasteiger partial charge in [-0.3, -0.25) is 4.90 Å². The van der Waals surface area contributed by atoms with Gasteiger partial charge in [0.25, 0.3) is 0 Å². The molecular formula is C7H12F3NO. The third kappa shape index (κ3) is 1.90. The van der Waals surface area contributed by atoms with Crippen molar-refractivity contribution < 1.29 is 17.9 Å². The molecule has 0 bridgehead atoms. The molecule has 0 unspecified atom stereocenters. The van der Waals surface area contributed by atoms with E-state index in [1.165, 1.54) is 4.90 Å². The van der Waals surface area contributed by atoms with E-state index in [-0.39, 0.29) is 12.6 Å². The summed E-state index contributed by atoms with van der Waals surface area (Å²) in [7, 11) is 0. The second-order valence-corrected chi connectivity index (χ2v) is 3.10. The van der Waals surface area contributed by atoms with Gasteiger partial charge in [-0.05, 0) is 13.8 Å². The van der Waals surface area contributed by atoms with Gasteiger partial charge in [0.1, 0.15) is 0 Å². The van der Waals surface area contributed by atoms with E-state index in [1.54, 1.807) is 13.8 Å². The fourth-order valence-corrected chi connectivity index (χ4v) is 1.29. The van der Waals surface area contributed by atoms with E-state index in [2.05, 4.69) is 4.74 Å². The Hall–Kier alpha value is -0.290. The summed E-state index contributed by atoms with van der Waals surface area (Å²) in [5.41, 5.74) is 0. The topological polar surface area (TPSA) is 12.5 Å². The number of alkyl halides is 3. The van der Waals surface area contributed by atoms with Crippen molar-refractivity contribution in [3.05, 3.63) is 0 Å². The highest BCUT2D eigenvalue weighted by molar-refractivity contribution is 4.78. The molecule has 0 N–H and O–H groups in total. The molecule has 0 aromatic heterocycles. The first-order valence-electron chi connectivity index (χ1n) is 3.87. The summed E-state index contributed by atoms with van der Waals surface area (Å²) in [5, 5.41) is 0. The molecular weight excluding hydrogens is 171 g/mol. The van der Waals surface area contributed by atoms with Crippen LogP contribution in [0.3, 0.4) is 0 Å². The second-order valence-electron chi connectivity index (χ2n) is 3.10. The van der Waals surface area contributed by atoms with Crippen molar-refractivity contribution in [2.45, 2.75) is 32.3 Å². The minimum atomic E-state index is -4.26. The number of hydrogen-bond donors (Lipinski definition) is 0. The molecule has 72 valence electrons. The van der Waals surface area contributed by atoms with Gasteiger partial charge in [0.15, 0.2) is 0 Å². The van der Waals surface area contributed by atoms with Gasteiger partial charge in [-0.2, -0.15) is 13.2 Å². The summed E-state index contributed by atoms with van der Waals surface area (Å²) < 4.78 is 41.2. The quantitative estimate of drug-likeness (QED) is 0.612. The number of halogens is 3. The molecule has 0 amide bonds. The Morgan fingerprint density at radius 2 is 2.00 bits per heavy atom. The van der Waals surface area contributed by atoms with Crippen LogP contribution in [0.15, 0.2) is 0 Å². The van der Waals surface area contributed by atoms with Gasteiger partial charge >= 0.3 is 6.18 Å². The molecule has 1 fully saturated rings. The molecule has 2 nitrogen and oxygen atoms in total. The van der Waals surface area contributed by atoms with Crippen LogP contribution in [0.4, 0.5) is 13.2 Å². The summed E-state index contributed by atoms with van der Waals surface area (Å²) >= 11 is 0. The van der Waals surface area contributed by atoms with Gasteiger partial charge in [-0.15, -0.1) is 0 Å². The summed E-state index contributed by atoms with van der Waals surface area (Å²) in [6, 6.07) is -0.126. The standard InChI is InChI=1S/C7H12F3NO/c1-5(2)11-3-4-12-6(11)7(8,9)10/h5-6H,3-4H2,1-2H3/t6-/m1/s1. The van der Waals surface area contributed by atoms with E-state index in [9.17, 15) is 13.2 Å². The summed E-state index contributed by atoms with van der Waals surface area (Å²) in [4.78, 5) is 1.31. The van der Waals surface area contributed by atoms with Crippen molar-refractivity contribution in [3.8, 4) is 0 Å². The lowest BCUT2D eigenvalue weighted by Crippen LogP contribution is -2.45. The van der Waals surface area contributed by atoms with E-state index in [4.69, 9.17) is 0 Å². The average molecular weight is 183 g/mol. The van der Waals surface area contributed by atoms with Crippen LogP contribution in [0.1, 0.15) is 13.8 Å². The fraction of sp³-hybridized carbons (Fsp3) is 1.00. The molecule has 0 aliphatic carbocycles. The number of nitrogens with zero attached hydrogens (tertiary/aromatic N) is 1. The Morgan fingerprint density at radius 1 is 1.42 bits per heavy atom. The van der Waals surface area contributed by atoms with Gasteiger partial charge in [0.2, 0.25) is 6.23 Å². The lowest BCUT2D eigenvalue weighted by molar-refractivity contribution is -0.243. The van der Waals surface area contributed by atoms with Crippen molar-refractivity contribution in [1.29, 1.82) is 0 Å². The number of ether oxygens (including phenoxy) is 1. The van der Waals surface area contributed by atoms with Gasteiger partial charge < -0.3 is 4.74 Å². The molecule has 1 atom stereocenters. The Balaban J connectivity index is 2.64. The monoisotopic (exact) mass is 183 g/mol. The maximum Gasteiger partial charge on any atom is 0.428 e. The molecule has 12 heavy (non-hydrogen) atoms. The zero-order valence-corrected chi connectivity index (χ0v) is 7.06. The number of hydrogen-bond acceptors (Lipinski definition) is 2. The predicted molar refractivity (Wildman–Crippen MR) is 37.6 cm³/mol. The van der Waals surface area contributed by atoms with Crippen LogP contribution >= 0.6 is 0 Å². The third-order valence-corrected chi connectivity index (χ3v) is 1.87. The van der Waals surface area contributed by atoms with Gasteiger partial charge in [0, 0.05) is 12.6 Å². The van der Waals surface area contributed by atoms with Crippen molar-refractivity contribution in [3.63, 3.8) is 0 Å². The van der Waals surface area contributed by atoms with Crippen molar-refractivity contribution in [2.75, 3.05) is 13.2 Å². The molecule has 1 heterocycles. The molecule has 0 spiro atoms. The Kier molecular flexibility index (Phi) is 2.63. The van der Waals surface area contributed by atoms with Gasteiger partial charge in [-0.1, -0.05) is 0 Å². The van der Waals surface area contributed by atoms with Crippen LogP contribution in [0.25, 0.3) is 0 Å². The molecule has 5 heteroatoms. The molecule has 0 saturated carbocycles. The summed E-state index contributed by atoms with van der Waals surface area (Å²) in [6.45, 7) is 3.99. The first-order valence-corrected chi connectivity index (χ1v) is 3.87. The Labute approximate surface area is 69.3 Å². The third-order valence-electron chi connectivity index (χ3n) is 1.87. The molecule has 0 radical (unpaired) electrons. The minimum Gasteiger partial charge on any atom is -0.353 e. The minimum absolute atomic E-state index is 0.126. The van der Waals surface area contributed by atoms with Crippen molar-refractivity contribution >= 4 is 0 Å². The second kappa shape index (κ2) is 3.22. The fourth-order valence-electron chi connectivity index (χ4n) is 1.29. The molecule has 1 aliphatic heterocycles. The van der Waals surface area contributed by atoms with Crippen LogP contribution in [0.2, 0.25) is 0 Å². The van der Waals surface area contributed by atoms with Crippen molar-refractivity contribution in [1.82, 2.24) is 4.90 Å². The Bertz CT molecular complexity index is 157. The smallest absolute Gasteiger partial charge is 0.353 e. The summed E-state index contributed by atoms with van der Waals surface area (Å²) in [5.74, 6) is 0. The zero-order chi connectivity index (χ0) is 9.35. The predicted octanol–water partition coefficient (Wildman–Crippen LogP) is 1.62. The SMILES string of the molecule is CC(C)N1CCO[C@@H]1C(F)(F)F. The van der Waals surface area contributed by atoms with Crippen LogP contribution in [0, 0.1) is 0 Å². The maximum atomic E-state index is 12.2. The van der Waals surface area contributed by atoms with Crippen molar-refractivity contribution in [2.24, 2.45) is 0 Å². The van der Waals surface area contributed by atoms with Crippen LogP contribution in [-0.2, 0) is 4.74 Å². The van der Waals surface area contributed by atoms with E-state index < -0.39 is 12.4 Å². The first kappa shape index (κ1) is 9.80. The number of rotatable bonds is 1. The first-order chi connectivity index (χ1) is 5.43. The summed E-state index contributed by atoms with van der Waals surface area (Å²) in [6.07, 6.45) is -5.96. The normalized spacial score (nSPS) is 27.0. The Morgan fingerprint density at radius 3 is 2.33 bits per heavy atom. The molecule has 0 aromatic rings. The average Bonchev–Trinajstić information content (AvgIpc) is 2.30. The molecule has 0 aromatic carbocycles. The van der Waals surface area contributed by atoms with E-state index in [0.717, 1.165) is 0 Å². The van der Waals surface area contributed by atoms with Crippen LogP contribution in [-0.4, -0.2) is 36.5 Å². The van der Waals surface area contributed by atoms with Gasteiger partial charge in [0.05, 0.1) is 6.61 Å². The largest absolute Gasteiger partial charge is 0.428 e. The molecule has 1 rings (SSSR count). The van der Waals surface area contributed by atoms with Gasteiger partial charge in [-0.25, -0.2) is 0 Å². The van der Waals surface area contributed by atoms with E-state index in [0.29, 0.717) is 6.54 Å². The lowest BCUT2D eigenvalue weighted by Gasteiger charge is -2.27. The highest BCUT2D eigenvalue weighted by Gasteiger charge is 2.48. The highest BCUT2D eigenvalue weighted by Crippen LogP contribution is 2.29.